The van der Waals surface area contributed by atoms with Crippen molar-refractivity contribution in [3.8, 4) is 0 Å². The number of fused-ring (bicyclic) bond motifs is 1. The first-order valence-corrected chi connectivity index (χ1v) is 8.36. The summed E-state index contributed by atoms with van der Waals surface area (Å²) < 4.78 is 23.9. The minimum atomic E-state index is -3.41. The third-order valence-electron chi connectivity index (χ3n) is 2.75. The van der Waals surface area contributed by atoms with Crippen molar-refractivity contribution in [1.29, 1.82) is 0 Å². The van der Waals surface area contributed by atoms with Crippen LogP contribution in [0.1, 0.15) is 29.8 Å². The minimum Gasteiger partial charge on any atom is -0.478 e. The molecule has 0 fully saturated rings. The van der Waals surface area contributed by atoms with Crippen molar-refractivity contribution in [3.63, 3.8) is 0 Å². The van der Waals surface area contributed by atoms with Gasteiger partial charge in [-0.15, -0.1) is 0 Å². The predicted molar refractivity (Wildman–Crippen MR) is 76.2 cm³/mol. The second-order valence-corrected chi connectivity index (χ2v) is 7.89. The smallest absolute Gasteiger partial charge is 0.335 e. The maximum absolute atomic E-state index is 12.0. The van der Waals surface area contributed by atoms with Gasteiger partial charge in [-0.3, -0.25) is 0 Å². The lowest BCUT2D eigenvalue weighted by molar-refractivity contribution is 0.0696. The molecule has 0 bridgehead atoms. The molecule has 0 atom stereocenters. The predicted octanol–water partition coefficient (Wildman–Crippen LogP) is 2.65. The molecule has 1 N–H and O–H groups in total. The molecule has 1 heterocycles. The van der Waals surface area contributed by atoms with Crippen molar-refractivity contribution < 1.29 is 18.3 Å². The van der Waals surface area contributed by atoms with E-state index in [4.69, 9.17) is 5.11 Å². The quantitative estimate of drug-likeness (QED) is 0.925. The molecule has 19 heavy (non-hydrogen) atoms. The molecule has 0 unspecified atom stereocenters. The van der Waals surface area contributed by atoms with Crippen LogP contribution in [0.15, 0.2) is 28.5 Å². The van der Waals surface area contributed by atoms with Gasteiger partial charge < -0.3 is 5.11 Å². The Kier molecular flexibility index (Phi) is 3.73. The first kappa shape index (κ1) is 14.1. The molecule has 4 nitrogen and oxygen atoms in total. The topological polar surface area (TPSA) is 71.4 Å². The van der Waals surface area contributed by atoms with Crippen LogP contribution in [0.5, 0.6) is 0 Å². The van der Waals surface area contributed by atoms with Gasteiger partial charge in [-0.05, 0) is 34.6 Å². The zero-order valence-corrected chi connectivity index (χ0v) is 12.2. The first-order chi connectivity index (χ1) is 8.81. The molecule has 6 heteroatoms. The van der Waals surface area contributed by atoms with Crippen LogP contribution in [-0.2, 0) is 9.84 Å². The number of carboxylic acids is 1. The molecule has 0 spiro atoms. The van der Waals surface area contributed by atoms with Crippen molar-refractivity contribution in [2.75, 3.05) is 5.75 Å². The highest BCUT2D eigenvalue weighted by atomic mass is 32.2. The number of hydrogen-bond acceptors (Lipinski definition) is 4. The largest absolute Gasteiger partial charge is 0.478 e. The van der Waals surface area contributed by atoms with Crippen LogP contribution in [0, 0.1) is 0 Å². The molecule has 1 aromatic rings. The van der Waals surface area contributed by atoms with E-state index in [0.29, 0.717) is 22.1 Å². The van der Waals surface area contributed by atoms with Crippen molar-refractivity contribution in [1.82, 2.24) is 0 Å². The Hall–Kier alpha value is -1.27. The number of carbonyl (C=O) groups is 1. The van der Waals surface area contributed by atoms with Gasteiger partial charge in [0.05, 0.1) is 10.5 Å². The summed E-state index contributed by atoms with van der Waals surface area (Å²) in [5, 5.41) is 10.6. The summed E-state index contributed by atoms with van der Waals surface area (Å²) in [6.45, 7) is 4.06. The van der Waals surface area contributed by atoms with Gasteiger partial charge in [-0.25, -0.2) is 13.2 Å². The van der Waals surface area contributed by atoms with Crippen LogP contribution in [0.25, 0.3) is 5.57 Å². The zero-order valence-electron chi connectivity index (χ0n) is 10.6. The van der Waals surface area contributed by atoms with Crippen molar-refractivity contribution in [2.24, 2.45) is 0 Å². The molecular formula is C13H14O4S2. The molecule has 1 aliphatic heterocycles. The highest BCUT2D eigenvalue weighted by Gasteiger charge is 2.27. The van der Waals surface area contributed by atoms with Gasteiger partial charge in [-0.2, -0.15) is 11.8 Å². The molecule has 0 aromatic heterocycles. The third-order valence-corrected chi connectivity index (χ3v) is 5.46. The van der Waals surface area contributed by atoms with E-state index in [1.807, 2.05) is 13.8 Å². The fourth-order valence-corrected chi connectivity index (χ4v) is 4.17. The lowest BCUT2D eigenvalue weighted by Crippen LogP contribution is -2.00. The van der Waals surface area contributed by atoms with Gasteiger partial charge in [0, 0.05) is 11.2 Å². The van der Waals surface area contributed by atoms with Crippen molar-refractivity contribution in [3.05, 3.63) is 34.7 Å². The maximum Gasteiger partial charge on any atom is 0.335 e. The summed E-state index contributed by atoms with van der Waals surface area (Å²) in [5.41, 5.74) is 1.31. The van der Waals surface area contributed by atoms with E-state index in [2.05, 4.69) is 0 Å². The fraction of sp³-hybridized carbons (Fsp3) is 0.308. The molecule has 0 saturated carbocycles. The van der Waals surface area contributed by atoms with E-state index in [9.17, 15) is 13.2 Å². The molecule has 1 aliphatic rings. The standard InChI is InChI=1S/C13H14O4S2/c1-8(2)18-6-10-7-19(16,17)12-4-3-9(13(14)15)5-11(10)12/h3-5,7-8H,6H2,1-2H3,(H,14,15). The lowest BCUT2D eigenvalue weighted by Gasteiger charge is -2.07. The van der Waals surface area contributed by atoms with Crippen LogP contribution in [0.4, 0.5) is 0 Å². The Labute approximate surface area is 116 Å². The minimum absolute atomic E-state index is 0.108. The molecule has 0 aliphatic carbocycles. The van der Waals surface area contributed by atoms with Gasteiger partial charge in [-0.1, -0.05) is 13.8 Å². The molecule has 2 rings (SSSR count). The SMILES string of the molecule is CC(C)SCC1=CS(=O)(=O)c2ccc(C(=O)O)cc21. The molecular weight excluding hydrogens is 284 g/mol. The Bertz CT molecular complexity index is 657. The Morgan fingerprint density at radius 3 is 2.63 bits per heavy atom. The van der Waals surface area contributed by atoms with Crippen LogP contribution >= 0.6 is 11.8 Å². The monoisotopic (exact) mass is 298 g/mol. The number of thioether (sulfide) groups is 1. The number of benzene rings is 1. The lowest BCUT2D eigenvalue weighted by atomic mass is 10.1. The molecule has 0 amide bonds. The molecule has 0 radical (unpaired) electrons. The van der Waals surface area contributed by atoms with Crippen LogP contribution in [0.3, 0.4) is 0 Å². The van der Waals surface area contributed by atoms with Crippen molar-refractivity contribution >= 4 is 33.1 Å². The summed E-state index contributed by atoms with van der Waals surface area (Å²) in [6, 6.07) is 4.14. The van der Waals surface area contributed by atoms with E-state index < -0.39 is 15.8 Å². The van der Waals surface area contributed by atoms with Gasteiger partial charge in [0.1, 0.15) is 0 Å². The summed E-state index contributed by atoms with van der Waals surface area (Å²) in [4.78, 5) is 11.2. The second kappa shape index (κ2) is 5.02. The number of rotatable bonds is 4. The van der Waals surface area contributed by atoms with Crippen LogP contribution in [0.2, 0.25) is 0 Å². The molecule has 1 aromatic carbocycles. The highest BCUT2D eigenvalue weighted by molar-refractivity contribution is 8.00. The van der Waals surface area contributed by atoms with E-state index in [1.165, 1.54) is 23.6 Å². The summed E-state index contributed by atoms with van der Waals surface area (Å²) >= 11 is 1.63. The Morgan fingerprint density at radius 2 is 2.05 bits per heavy atom. The van der Waals surface area contributed by atoms with E-state index >= 15 is 0 Å². The fourth-order valence-electron chi connectivity index (χ4n) is 1.84. The second-order valence-electron chi connectivity index (χ2n) is 4.56. The van der Waals surface area contributed by atoms with Crippen molar-refractivity contribution in [2.45, 2.75) is 24.0 Å². The number of aromatic carboxylic acids is 1. The van der Waals surface area contributed by atoms with Gasteiger partial charge in [0.15, 0.2) is 0 Å². The molecule has 102 valence electrons. The van der Waals surface area contributed by atoms with Gasteiger partial charge in [0.25, 0.3) is 0 Å². The first-order valence-electron chi connectivity index (χ1n) is 5.76. The van der Waals surface area contributed by atoms with Crippen LogP contribution < -0.4 is 0 Å². The summed E-state index contributed by atoms with van der Waals surface area (Å²) in [5.74, 6) is -0.490. The number of sulfone groups is 1. The van der Waals surface area contributed by atoms with Gasteiger partial charge in [0.2, 0.25) is 9.84 Å². The normalized spacial score (nSPS) is 16.3. The summed E-state index contributed by atoms with van der Waals surface area (Å²) in [7, 11) is -3.41. The van der Waals surface area contributed by atoms with Gasteiger partial charge >= 0.3 is 5.97 Å². The highest BCUT2D eigenvalue weighted by Crippen LogP contribution is 2.36. The Morgan fingerprint density at radius 1 is 1.37 bits per heavy atom. The number of carboxylic acid groups (broad SMARTS) is 1. The van der Waals surface area contributed by atoms with E-state index in [-0.39, 0.29) is 10.5 Å². The van der Waals surface area contributed by atoms with Crippen LogP contribution in [-0.4, -0.2) is 30.5 Å². The average Bonchev–Trinajstić information content (AvgIpc) is 2.58. The zero-order chi connectivity index (χ0) is 14.2. The Balaban J connectivity index is 2.46. The summed E-state index contributed by atoms with van der Waals surface area (Å²) in [6.07, 6.45) is 0. The number of hydrogen-bond donors (Lipinski definition) is 1. The van der Waals surface area contributed by atoms with E-state index in [1.54, 1.807) is 11.8 Å². The third kappa shape index (κ3) is 2.84. The average molecular weight is 298 g/mol. The molecule has 0 saturated heterocycles. The van der Waals surface area contributed by atoms with E-state index in [0.717, 1.165) is 0 Å². The maximum atomic E-state index is 12.0.